The first kappa shape index (κ1) is 32.1. The van der Waals surface area contributed by atoms with Crippen LogP contribution in [0.2, 0.25) is 0 Å². The summed E-state index contributed by atoms with van der Waals surface area (Å²) in [6, 6.07) is 22.0. The Morgan fingerprint density at radius 3 is 2.58 bits per heavy atom. The molecule has 5 rings (SSSR count). The molecule has 9 nitrogen and oxygen atoms in total. The summed E-state index contributed by atoms with van der Waals surface area (Å²) in [5.74, 6) is -1.06. The van der Waals surface area contributed by atoms with E-state index in [1.54, 1.807) is 43.3 Å². The zero-order valence-corrected chi connectivity index (χ0v) is 26.4. The summed E-state index contributed by atoms with van der Waals surface area (Å²) in [4.78, 5) is 30.8. The lowest BCUT2D eigenvalue weighted by Crippen LogP contribution is -2.56. The normalized spacial score (nSPS) is 17.5. The Morgan fingerprint density at radius 2 is 1.82 bits per heavy atom. The SMILES string of the molecule is CCOC(=O)[C@H]1CC(C)=CCN1C(=O)[C@H](Cc1cccc(C#N)c1)NS(=O)(=O)c1ccc2c(c1)CN(Cc1ccccc1)CC2. The van der Waals surface area contributed by atoms with Gasteiger partial charge in [0.1, 0.15) is 12.1 Å². The van der Waals surface area contributed by atoms with Gasteiger partial charge in [-0.2, -0.15) is 9.98 Å². The Balaban J connectivity index is 1.42. The molecule has 2 heterocycles. The summed E-state index contributed by atoms with van der Waals surface area (Å²) in [7, 11) is -4.16. The van der Waals surface area contributed by atoms with E-state index in [1.165, 1.54) is 10.5 Å². The molecule has 10 heteroatoms. The lowest BCUT2D eigenvalue weighted by Gasteiger charge is -2.35. The number of nitrogens with one attached hydrogen (secondary N) is 1. The lowest BCUT2D eigenvalue weighted by molar-refractivity contribution is -0.155. The van der Waals surface area contributed by atoms with Gasteiger partial charge >= 0.3 is 5.97 Å². The zero-order valence-electron chi connectivity index (χ0n) is 25.6. The van der Waals surface area contributed by atoms with E-state index in [2.05, 4.69) is 27.8 Å². The molecule has 1 N–H and O–H groups in total. The van der Waals surface area contributed by atoms with Crippen LogP contribution in [0.4, 0.5) is 0 Å². The second-order valence-corrected chi connectivity index (χ2v) is 13.3. The smallest absolute Gasteiger partial charge is 0.329 e. The third-order valence-electron chi connectivity index (χ3n) is 8.29. The maximum atomic E-state index is 14.1. The molecule has 3 aromatic rings. The number of carbonyl (C=O) groups excluding carboxylic acids is 2. The van der Waals surface area contributed by atoms with Gasteiger partial charge in [-0.05, 0) is 79.6 Å². The van der Waals surface area contributed by atoms with Gasteiger partial charge in [0.2, 0.25) is 15.9 Å². The predicted octanol–water partition coefficient (Wildman–Crippen LogP) is 4.12. The molecule has 0 radical (unpaired) electrons. The maximum Gasteiger partial charge on any atom is 0.329 e. The van der Waals surface area contributed by atoms with Gasteiger partial charge in [0, 0.05) is 26.2 Å². The largest absolute Gasteiger partial charge is 0.464 e. The highest BCUT2D eigenvalue weighted by Gasteiger charge is 2.38. The van der Waals surface area contributed by atoms with E-state index in [0.29, 0.717) is 24.1 Å². The van der Waals surface area contributed by atoms with Crippen molar-refractivity contribution in [1.82, 2.24) is 14.5 Å². The molecule has 0 saturated heterocycles. The average molecular weight is 627 g/mol. The topological polar surface area (TPSA) is 120 Å². The number of benzene rings is 3. The van der Waals surface area contributed by atoms with E-state index in [9.17, 15) is 23.3 Å². The number of sulfonamides is 1. The molecule has 0 bridgehead atoms. The molecule has 234 valence electrons. The van der Waals surface area contributed by atoms with Crippen molar-refractivity contribution in [3.05, 3.63) is 112 Å². The monoisotopic (exact) mass is 626 g/mol. The van der Waals surface area contributed by atoms with Gasteiger partial charge in [0.25, 0.3) is 0 Å². The van der Waals surface area contributed by atoms with E-state index in [4.69, 9.17) is 4.74 Å². The summed E-state index contributed by atoms with van der Waals surface area (Å²) < 4.78 is 35.8. The van der Waals surface area contributed by atoms with Gasteiger partial charge < -0.3 is 9.64 Å². The molecule has 0 unspecified atom stereocenters. The Bertz CT molecular complexity index is 1730. The minimum absolute atomic E-state index is 0.00187. The zero-order chi connectivity index (χ0) is 32.0. The molecule has 0 fully saturated rings. The first-order valence-corrected chi connectivity index (χ1v) is 16.7. The summed E-state index contributed by atoms with van der Waals surface area (Å²) in [5.41, 5.74) is 5.20. The predicted molar refractivity (Wildman–Crippen MR) is 170 cm³/mol. The first-order valence-electron chi connectivity index (χ1n) is 15.2. The minimum atomic E-state index is -4.16. The maximum absolute atomic E-state index is 14.1. The molecule has 1 amide bonds. The van der Waals surface area contributed by atoms with Crippen molar-refractivity contribution in [2.45, 2.75) is 63.2 Å². The fraction of sp³-hybridized carbons (Fsp3) is 0.343. The average Bonchev–Trinajstić information content (AvgIpc) is 3.04. The summed E-state index contributed by atoms with van der Waals surface area (Å²) in [6.45, 7) is 6.15. The van der Waals surface area contributed by atoms with Crippen LogP contribution < -0.4 is 4.72 Å². The Labute approximate surface area is 265 Å². The Morgan fingerprint density at radius 1 is 1.04 bits per heavy atom. The molecule has 0 spiro atoms. The molecule has 3 aromatic carbocycles. The van der Waals surface area contributed by atoms with Crippen LogP contribution >= 0.6 is 0 Å². The second kappa shape index (κ2) is 14.2. The van der Waals surface area contributed by atoms with Gasteiger partial charge in [-0.1, -0.05) is 60.2 Å². The van der Waals surface area contributed by atoms with Crippen molar-refractivity contribution in [1.29, 1.82) is 5.26 Å². The number of hydrogen-bond acceptors (Lipinski definition) is 7. The van der Waals surface area contributed by atoms with Crippen molar-refractivity contribution >= 4 is 21.9 Å². The summed E-state index contributed by atoms with van der Waals surface area (Å²) >= 11 is 0. The number of ether oxygens (including phenoxy) is 1. The fourth-order valence-corrected chi connectivity index (χ4v) is 7.19. The molecule has 0 aliphatic carbocycles. The van der Waals surface area contributed by atoms with Crippen LogP contribution in [0.1, 0.15) is 48.1 Å². The van der Waals surface area contributed by atoms with Gasteiger partial charge in [-0.15, -0.1) is 0 Å². The van der Waals surface area contributed by atoms with Crippen molar-refractivity contribution in [3.8, 4) is 6.07 Å². The van der Waals surface area contributed by atoms with Crippen LogP contribution in [0.5, 0.6) is 0 Å². The third-order valence-corrected chi connectivity index (χ3v) is 9.76. The quantitative estimate of drug-likeness (QED) is 0.266. The number of esters is 1. The van der Waals surface area contributed by atoms with E-state index < -0.39 is 34.0 Å². The van der Waals surface area contributed by atoms with Crippen LogP contribution in [0.3, 0.4) is 0 Å². The van der Waals surface area contributed by atoms with Gasteiger partial charge in [-0.25, -0.2) is 13.2 Å². The lowest BCUT2D eigenvalue weighted by atomic mass is 9.98. The molecule has 2 atom stereocenters. The van der Waals surface area contributed by atoms with Crippen LogP contribution in [0, 0.1) is 11.3 Å². The molecule has 0 aromatic heterocycles. The van der Waals surface area contributed by atoms with Crippen LogP contribution in [0.25, 0.3) is 0 Å². The van der Waals surface area contributed by atoms with Crippen molar-refractivity contribution < 1.29 is 22.7 Å². The van der Waals surface area contributed by atoms with Crippen LogP contribution in [-0.4, -0.2) is 61.9 Å². The van der Waals surface area contributed by atoms with E-state index >= 15 is 0 Å². The van der Waals surface area contributed by atoms with Crippen molar-refractivity contribution in [2.75, 3.05) is 19.7 Å². The van der Waals surface area contributed by atoms with Gasteiger partial charge in [0.15, 0.2) is 0 Å². The van der Waals surface area contributed by atoms with E-state index in [-0.39, 0.29) is 24.5 Å². The molecule has 45 heavy (non-hydrogen) atoms. The standard InChI is InChI=1S/C35H38N4O5S/c1-3-44-35(41)33-18-25(2)14-17-39(33)34(40)32(20-27-10-7-11-28(19-27)22-36)37-45(42,43)31-13-12-29-15-16-38(24-30(29)21-31)23-26-8-5-4-6-9-26/h4-14,19,21,32-33,37H,3,15-18,20,23-24H2,1-2H3/t32-,33+/m0/s1. The molecular weight excluding hydrogens is 588 g/mol. The Hall–Kier alpha value is -4.30. The highest BCUT2D eigenvalue weighted by molar-refractivity contribution is 7.89. The Kier molecular flexibility index (Phi) is 10.1. The number of nitriles is 1. The number of carbonyl (C=O) groups is 2. The molecule has 0 saturated carbocycles. The van der Waals surface area contributed by atoms with Gasteiger partial charge in [-0.3, -0.25) is 9.69 Å². The fourth-order valence-electron chi connectivity index (χ4n) is 5.95. The summed E-state index contributed by atoms with van der Waals surface area (Å²) in [5, 5.41) is 9.42. The van der Waals surface area contributed by atoms with Crippen LogP contribution in [-0.2, 0) is 50.3 Å². The van der Waals surface area contributed by atoms with Crippen molar-refractivity contribution in [2.24, 2.45) is 0 Å². The van der Waals surface area contributed by atoms with E-state index in [0.717, 1.165) is 36.2 Å². The third kappa shape index (κ3) is 7.87. The molecule has 2 aliphatic rings. The van der Waals surface area contributed by atoms with Crippen LogP contribution in [0.15, 0.2) is 89.3 Å². The highest BCUT2D eigenvalue weighted by Crippen LogP contribution is 2.25. The number of rotatable bonds is 10. The first-order chi connectivity index (χ1) is 21.7. The molecule has 2 aliphatic heterocycles. The minimum Gasteiger partial charge on any atom is -0.464 e. The molecular formula is C35H38N4O5S. The second-order valence-electron chi connectivity index (χ2n) is 11.6. The summed E-state index contributed by atoms with van der Waals surface area (Å²) in [6.07, 6.45) is 2.97. The number of amides is 1. The van der Waals surface area contributed by atoms with Gasteiger partial charge in [0.05, 0.1) is 23.1 Å². The van der Waals surface area contributed by atoms with Crippen molar-refractivity contribution in [3.63, 3.8) is 0 Å². The number of hydrogen-bond donors (Lipinski definition) is 1. The number of fused-ring (bicyclic) bond motifs is 1. The number of nitrogens with zero attached hydrogens (tertiary/aromatic N) is 3. The van der Waals surface area contributed by atoms with E-state index in [1.807, 2.05) is 37.3 Å². The highest BCUT2D eigenvalue weighted by atomic mass is 32.2.